The predicted molar refractivity (Wildman–Crippen MR) is 133 cm³/mol. The summed E-state index contributed by atoms with van der Waals surface area (Å²) in [7, 11) is 0. The zero-order valence-corrected chi connectivity index (χ0v) is 20.7. The predicted octanol–water partition coefficient (Wildman–Crippen LogP) is 5.80. The number of aromatic nitrogens is 2. The van der Waals surface area contributed by atoms with Crippen LogP contribution in [-0.4, -0.2) is 35.3 Å². The first-order valence-corrected chi connectivity index (χ1v) is 11.7. The van der Waals surface area contributed by atoms with Crippen molar-refractivity contribution in [3.63, 3.8) is 0 Å². The van der Waals surface area contributed by atoms with Crippen molar-refractivity contribution >= 4 is 11.6 Å². The van der Waals surface area contributed by atoms with Crippen LogP contribution in [0.5, 0.6) is 11.6 Å². The van der Waals surface area contributed by atoms with E-state index in [1.807, 2.05) is 26.8 Å². The number of hydroxylamine groups is 1. The molecule has 194 valence electrons. The monoisotopic (exact) mass is 512 g/mol. The topological polar surface area (TPSA) is 77.9 Å². The number of nitrogens with one attached hydrogen (secondary N) is 1. The summed E-state index contributed by atoms with van der Waals surface area (Å²) in [6.07, 6.45) is -3.88. The van der Waals surface area contributed by atoms with Gasteiger partial charge in [-0.2, -0.15) is 13.2 Å². The van der Waals surface area contributed by atoms with Crippen LogP contribution in [0.25, 0.3) is 5.76 Å². The zero-order valence-electron chi connectivity index (χ0n) is 20.7. The molecule has 1 N–H and O–H groups in total. The first-order chi connectivity index (χ1) is 17.6. The second-order valence-electron chi connectivity index (χ2n) is 8.61. The van der Waals surface area contributed by atoms with E-state index in [0.29, 0.717) is 36.7 Å². The molecule has 0 bridgehead atoms. The van der Waals surface area contributed by atoms with E-state index in [9.17, 15) is 13.2 Å². The average molecular weight is 513 g/mol. The van der Waals surface area contributed by atoms with Gasteiger partial charge in [-0.05, 0) is 62.6 Å². The van der Waals surface area contributed by atoms with Crippen LogP contribution in [0.1, 0.15) is 40.4 Å². The van der Waals surface area contributed by atoms with Crippen LogP contribution < -0.4 is 10.2 Å². The lowest BCUT2D eigenvalue weighted by atomic mass is 9.99. The Hall–Kier alpha value is -3.92. The number of rotatable bonds is 8. The Morgan fingerprint density at radius 2 is 1.95 bits per heavy atom. The Balaban J connectivity index is 1.70. The van der Waals surface area contributed by atoms with Gasteiger partial charge in [-0.3, -0.25) is 9.83 Å². The van der Waals surface area contributed by atoms with Gasteiger partial charge < -0.3 is 9.47 Å². The van der Waals surface area contributed by atoms with Crippen molar-refractivity contribution in [3.05, 3.63) is 88.6 Å². The third kappa shape index (κ3) is 6.45. The maximum Gasteiger partial charge on any atom is 0.416 e. The summed E-state index contributed by atoms with van der Waals surface area (Å²) in [4.78, 5) is 10.4. The van der Waals surface area contributed by atoms with Crippen LogP contribution in [0.4, 0.5) is 13.2 Å². The molecule has 37 heavy (non-hydrogen) atoms. The number of alkyl halides is 3. The largest absolute Gasteiger partial charge is 0.492 e. The van der Waals surface area contributed by atoms with Gasteiger partial charge in [-0.1, -0.05) is 36.4 Å². The van der Waals surface area contributed by atoms with Gasteiger partial charge in [0.15, 0.2) is 5.84 Å². The Kier molecular flexibility index (Phi) is 7.77. The Bertz CT molecular complexity index is 1320. The highest BCUT2D eigenvalue weighted by molar-refractivity contribution is 6.01. The molecule has 0 saturated carbocycles. The summed E-state index contributed by atoms with van der Waals surface area (Å²) in [5, 5.41) is 8.19. The molecule has 0 saturated heterocycles. The molecule has 4 rings (SSSR count). The van der Waals surface area contributed by atoms with Crippen molar-refractivity contribution in [3.8, 4) is 11.6 Å². The normalized spacial score (nSPS) is 15.5. The lowest BCUT2D eigenvalue weighted by molar-refractivity contribution is -0.137. The number of benzene rings is 2. The quantitative estimate of drug-likeness (QED) is 0.384. The van der Waals surface area contributed by atoms with Crippen LogP contribution in [0, 0.1) is 13.8 Å². The molecule has 0 radical (unpaired) electrons. The van der Waals surface area contributed by atoms with E-state index in [1.54, 1.807) is 6.07 Å². The molecule has 1 atom stereocenters. The fraction of sp³-hybridized carbons (Fsp3) is 0.296. The van der Waals surface area contributed by atoms with Crippen molar-refractivity contribution in [2.24, 2.45) is 4.99 Å². The van der Waals surface area contributed by atoms with E-state index < -0.39 is 11.7 Å². The molecule has 2 heterocycles. The number of hydrogen-bond acceptors (Lipinski definition) is 7. The Morgan fingerprint density at radius 3 is 2.68 bits per heavy atom. The van der Waals surface area contributed by atoms with Gasteiger partial charge in [-0.25, -0.2) is 5.48 Å². The van der Waals surface area contributed by atoms with Crippen molar-refractivity contribution < 1.29 is 27.5 Å². The van der Waals surface area contributed by atoms with Gasteiger partial charge in [-0.15, -0.1) is 10.2 Å². The fourth-order valence-corrected chi connectivity index (χ4v) is 3.87. The molecule has 2 aromatic carbocycles. The summed E-state index contributed by atoms with van der Waals surface area (Å²) in [6.45, 7) is 10.5. The summed E-state index contributed by atoms with van der Waals surface area (Å²) in [5.41, 5.74) is 6.09. The molecular formula is C27H27F3N4O3. The molecular weight excluding hydrogens is 485 g/mol. The molecule has 1 aliphatic heterocycles. The fourth-order valence-electron chi connectivity index (χ4n) is 3.87. The summed E-state index contributed by atoms with van der Waals surface area (Å²) >= 11 is 0. The highest BCUT2D eigenvalue weighted by Crippen LogP contribution is 2.33. The number of nitrogens with zero attached hydrogens (tertiary/aromatic N) is 3. The lowest BCUT2D eigenvalue weighted by Crippen LogP contribution is -2.37. The van der Waals surface area contributed by atoms with E-state index in [1.165, 1.54) is 17.7 Å². The van der Waals surface area contributed by atoms with Crippen molar-refractivity contribution in [1.29, 1.82) is 0 Å². The van der Waals surface area contributed by atoms with Crippen LogP contribution in [0.3, 0.4) is 0 Å². The maximum absolute atomic E-state index is 13.2. The zero-order chi connectivity index (χ0) is 26.6. The molecule has 1 unspecified atom stereocenters. The number of halogens is 3. The van der Waals surface area contributed by atoms with Gasteiger partial charge in [0.1, 0.15) is 17.2 Å². The van der Waals surface area contributed by atoms with Crippen LogP contribution in [0.15, 0.2) is 60.1 Å². The van der Waals surface area contributed by atoms with Crippen molar-refractivity contribution in [2.75, 3.05) is 13.2 Å². The van der Waals surface area contributed by atoms with Gasteiger partial charge in [0.2, 0.25) is 5.88 Å². The first kappa shape index (κ1) is 26.2. The molecule has 0 amide bonds. The molecule has 1 aromatic heterocycles. The number of hydrogen-bond donors (Lipinski definition) is 1. The van der Waals surface area contributed by atoms with Gasteiger partial charge >= 0.3 is 6.18 Å². The lowest BCUT2D eigenvalue weighted by Gasteiger charge is -2.23. The van der Waals surface area contributed by atoms with E-state index in [-0.39, 0.29) is 23.4 Å². The Morgan fingerprint density at radius 1 is 1.14 bits per heavy atom. The summed E-state index contributed by atoms with van der Waals surface area (Å²) in [6, 6.07) is 12.1. The third-order valence-electron chi connectivity index (χ3n) is 5.71. The van der Waals surface area contributed by atoms with E-state index in [0.717, 1.165) is 23.3 Å². The number of ether oxygens (including phenoxy) is 2. The molecule has 0 fully saturated rings. The van der Waals surface area contributed by atoms with Gasteiger partial charge in [0.25, 0.3) is 0 Å². The molecule has 1 aliphatic rings. The minimum Gasteiger partial charge on any atom is -0.492 e. The standard InChI is InChI=1S/C27H27F3N4O3/c1-5-35-18(4)24-14-23(26(33-32-24)37-22-8-6-7-20(13-22)27(28,29)30)25-31-21(15-36-34-25)12-19-10-9-16(2)11-17(19)3/h6-11,13-14,21H,4-5,12,15H2,1-3H3,(H,31,34). The van der Waals surface area contributed by atoms with Gasteiger partial charge in [0.05, 0.1) is 30.4 Å². The van der Waals surface area contributed by atoms with E-state index >= 15 is 0 Å². The third-order valence-corrected chi connectivity index (χ3v) is 5.71. The highest BCUT2D eigenvalue weighted by atomic mass is 19.4. The Labute approximate surface area is 213 Å². The summed E-state index contributed by atoms with van der Waals surface area (Å²) in [5.74, 6) is 0.495. The first-order valence-electron chi connectivity index (χ1n) is 11.7. The van der Waals surface area contributed by atoms with Crippen LogP contribution in [-0.2, 0) is 22.2 Å². The SMILES string of the molecule is C=C(OCC)c1cc(C2=NC(Cc3ccc(C)cc3C)CON2)c(Oc2cccc(C(F)(F)F)c2)nn1. The number of aryl methyl sites for hydroxylation is 2. The minimum absolute atomic E-state index is 0.0469. The van der Waals surface area contributed by atoms with E-state index in [4.69, 9.17) is 19.3 Å². The van der Waals surface area contributed by atoms with Crippen molar-refractivity contribution in [2.45, 2.75) is 39.4 Å². The minimum atomic E-state index is -4.52. The molecule has 0 spiro atoms. The number of aliphatic imine (C=N–C) groups is 1. The molecule has 3 aromatic rings. The molecule has 10 heteroatoms. The van der Waals surface area contributed by atoms with Crippen LogP contribution >= 0.6 is 0 Å². The maximum atomic E-state index is 13.2. The van der Waals surface area contributed by atoms with Crippen LogP contribution in [0.2, 0.25) is 0 Å². The summed E-state index contributed by atoms with van der Waals surface area (Å²) < 4.78 is 50.8. The highest BCUT2D eigenvalue weighted by Gasteiger charge is 2.31. The van der Waals surface area contributed by atoms with E-state index in [2.05, 4.69) is 34.4 Å². The second-order valence-corrected chi connectivity index (χ2v) is 8.61. The van der Waals surface area contributed by atoms with Gasteiger partial charge in [0, 0.05) is 0 Å². The van der Waals surface area contributed by atoms with Crippen molar-refractivity contribution in [1.82, 2.24) is 15.7 Å². The average Bonchev–Trinajstić information content (AvgIpc) is 2.86. The second kappa shape index (κ2) is 11.0. The molecule has 0 aliphatic carbocycles. The molecule has 7 nitrogen and oxygen atoms in total. The number of amidine groups is 1. The smallest absolute Gasteiger partial charge is 0.416 e.